The molecular formula is C23H23F2N3O5. The van der Waals surface area contributed by atoms with Crippen molar-refractivity contribution in [3.63, 3.8) is 0 Å². The summed E-state index contributed by atoms with van der Waals surface area (Å²) in [7, 11) is 0. The van der Waals surface area contributed by atoms with Gasteiger partial charge in [-0.15, -0.1) is 0 Å². The van der Waals surface area contributed by atoms with E-state index in [9.17, 15) is 18.7 Å². The van der Waals surface area contributed by atoms with Crippen LogP contribution in [-0.2, 0) is 4.74 Å². The predicted molar refractivity (Wildman–Crippen MR) is 114 cm³/mol. The van der Waals surface area contributed by atoms with Crippen molar-refractivity contribution < 1.29 is 32.6 Å². The zero-order chi connectivity index (χ0) is 23.4. The minimum absolute atomic E-state index is 0.0116. The van der Waals surface area contributed by atoms with Gasteiger partial charge in [-0.05, 0) is 42.8 Å². The number of aliphatic hydroxyl groups excluding tert-OH is 1. The van der Waals surface area contributed by atoms with Crippen molar-refractivity contribution >= 4 is 5.91 Å². The van der Waals surface area contributed by atoms with E-state index in [1.54, 1.807) is 24.3 Å². The SMILES string of the molecule is NC(=O)c1nc(-c2c(F)cccc2F)oc1-c1ccc(OCCCN2CCOC(O)C2)cc1. The fourth-order valence-electron chi connectivity index (χ4n) is 3.56. The Morgan fingerprint density at radius 1 is 1.21 bits per heavy atom. The van der Waals surface area contributed by atoms with Crippen LogP contribution in [-0.4, -0.2) is 60.0 Å². The lowest BCUT2D eigenvalue weighted by molar-refractivity contribution is -0.146. The first kappa shape index (κ1) is 22.8. The highest BCUT2D eigenvalue weighted by atomic mass is 19.1. The lowest BCUT2D eigenvalue weighted by atomic mass is 10.1. The number of amides is 1. The number of nitrogens with zero attached hydrogens (tertiary/aromatic N) is 2. The maximum atomic E-state index is 14.1. The van der Waals surface area contributed by atoms with Crippen LogP contribution in [0.5, 0.6) is 5.75 Å². The standard InChI is InChI=1S/C23H23F2N3O5/c24-16-3-1-4-17(25)19(16)23-27-20(22(26)30)21(33-23)14-5-7-15(8-6-14)31-11-2-9-28-10-12-32-18(29)13-28/h1,3-8,18,29H,2,9-13H2,(H2,26,30). The van der Waals surface area contributed by atoms with Gasteiger partial charge in [-0.1, -0.05) is 6.07 Å². The number of primary amides is 1. The number of rotatable bonds is 8. The normalized spacial score (nSPS) is 16.6. The molecule has 0 saturated carbocycles. The fraction of sp³-hybridized carbons (Fsp3) is 0.304. The molecule has 1 unspecified atom stereocenters. The summed E-state index contributed by atoms with van der Waals surface area (Å²) in [6.07, 6.45) is 0.0175. The maximum Gasteiger partial charge on any atom is 0.271 e. The maximum absolute atomic E-state index is 14.1. The summed E-state index contributed by atoms with van der Waals surface area (Å²) < 4.78 is 44.6. The minimum atomic E-state index is -0.884. The van der Waals surface area contributed by atoms with Crippen LogP contribution in [0, 0.1) is 11.6 Å². The lowest BCUT2D eigenvalue weighted by Crippen LogP contribution is -2.42. The zero-order valence-electron chi connectivity index (χ0n) is 17.7. The number of halogens is 2. The van der Waals surface area contributed by atoms with E-state index in [0.717, 1.165) is 31.6 Å². The Bertz CT molecular complexity index is 1100. The van der Waals surface area contributed by atoms with Crippen LogP contribution in [0.2, 0.25) is 0 Å². The van der Waals surface area contributed by atoms with Gasteiger partial charge in [0.25, 0.3) is 5.91 Å². The molecule has 1 saturated heterocycles. The first-order valence-electron chi connectivity index (χ1n) is 10.4. The van der Waals surface area contributed by atoms with Gasteiger partial charge in [-0.3, -0.25) is 9.69 Å². The number of nitrogens with two attached hydrogens (primary N) is 1. The number of carbonyl (C=O) groups excluding carboxylic acids is 1. The number of hydrogen-bond acceptors (Lipinski definition) is 7. The van der Waals surface area contributed by atoms with Gasteiger partial charge in [0, 0.05) is 25.2 Å². The number of aliphatic hydroxyl groups is 1. The number of carbonyl (C=O) groups is 1. The van der Waals surface area contributed by atoms with Crippen molar-refractivity contribution in [1.29, 1.82) is 0 Å². The molecule has 33 heavy (non-hydrogen) atoms. The van der Waals surface area contributed by atoms with Crippen molar-refractivity contribution in [3.8, 4) is 28.5 Å². The van der Waals surface area contributed by atoms with Gasteiger partial charge >= 0.3 is 0 Å². The second-order valence-electron chi connectivity index (χ2n) is 7.51. The number of ether oxygens (including phenoxy) is 2. The van der Waals surface area contributed by atoms with Crippen molar-refractivity contribution in [2.24, 2.45) is 5.73 Å². The summed E-state index contributed by atoms with van der Waals surface area (Å²) in [6.45, 7) is 2.99. The molecule has 1 fully saturated rings. The van der Waals surface area contributed by atoms with E-state index < -0.39 is 29.4 Å². The topological polar surface area (TPSA) is 111 Å². The summed E-state index contributed by atoms with van der Waals surface area (Å²) in [5.74, 6) is -2.38. The molecule has 0 bridgehead atoms. The van der Waals surface area contributed by atoms with Crippen molar-refractivity contribution in [2.45, 2.75) is 12.7 Å². The molecule has 1 aliphatic rings. The average molecular weight is 459 g/mol. The van der Waals surface area contributed by atoms with E-state index in [2.05, 4.69) is 9.88 Å². The molecule has 0 spiro atoms. The molecule has 2 heterocycles. The quantitative estimate of drug-likeness (QED) is 0.499. The second-order valence-corrected chi connectivity index (χ2v) is 7.51. The van der Waals surface area contributed by atoms with Gasteiger partial charge < -0.3 is 24.7 Å². The van der Waals surface area contributed by atoms with E-state index in [-0.39, 0.29) is 17.3 Å². The van der Waals surface area contributed by atoms with Crippen LogP contribution in [0.3, 0.4) is 0 Å². The molecule has 0 aliphatic carbocycles. The van der Waals surface area contributed by atoms with Crippen LogP contribution < -0.4 is 10.5 Å². The second kappa shape index (κ2) is 10.1. The number of β-amino-alcohol motifs (C(OH)–C–C–N with tert-alkyl or cyclic N) is 1. The monoisotopic (exact) mass is 459 g/mol. The lowest BCUT2D eigenvalue weighted by Gasteiger charge is -2.29. The van der Waals surface area contributed by atoms with Crippen LogP contribution in [0.1, 0.15) is 16.9 Å². The molecule has 10 heteroatoms. The number of oxazole rings is 1. The van der Waals surface area contributed by atoms with Gasteiger partial charge in [0.1, 0.15) is 22.9 Å². The Morgan fingerprint density at radius 3 is 2.61 bits per heavy atom. The molecule has 8 nitrogen and oxygen atoms in total. The van der Waals surface area contributed by atoms with E-state index in [0.29, 0.717) is 31.1 Å². The Labute approximate surface area is 188 Å². The van der Waals surface area contributed by atoms with Crippen LogP contribution in [0.15, 0.2) is 46.9 Å². The number of hydrogen-bond donors (Lipinski definition) is 2. The Kier molecular flexibility index (Phi) is 6.97. The Hall–Kier alpha value is -3.34. The summed E-state index contributed by atoms with van der Waals surface area (Å²) >= 11 is 0. The van der Waals surface area contributed by atoms with E-state index in [1.165, 1.54) is 6.07 Å². The van der Waals surface area contributed by atoms with Crippen LogP contribution in [0.25, 0.3) is 22.8 Å². The highest BCUT2D eigenvalue weighted by Gasteiger charge is 2.24. The third kappa shape index (κ3) is 5.36. The molecule has 1 aliphatic heterocycles. The molecule has 174 valence electrons. The molecule has 3 aromatic rings. The van der Waals surface area contributed by atoms with Gasteiger partial charge in [0.2, 0.25) is 5.89 Å². The first-order valence-corrected chi connectivity index (χ1v) is 10.4. The molecule has 2 aromatic carbocycles. The van der Waals surface area contributed by atoms with Gasteiger partial charge in [-0.2, -0.15) is 0 Å². The number of benzene rings is 2. The summed E-state index contributed by atoms with van der Waals surface area (Å²) in [5, 5.41) is 9.51. The molecule has 0 radical (unpaired) electrons. The predicted octanol–water partition coefficient (Wildman–Crippen LogP) is 2.81. The smallest absolute Gasteiger partial charge is 0.271 e. The minimum Gasteiger partial charge on any atom is -0.494 e. The van der Waals surface area contributed by atoms with Gasteiger partial charge in [-0.25, -0.2) is 13.8 Å². The highest BCUT2D eigenvalue weighted by molar-refractivity contribution is 5.97. The molecule has 1 atom stereocenters. The largest absolute Gasteiger partial charge is 0.494 e. The Morgan fingerprint density at radius 2 is 1.94 bits per heavy atom. The third-order valence-electron chi connectivity index (χ3n) is 5.17. The summed E-state index contributed by atoms with van der Waals surface area (Å²) in [5.41, 5.74) is 5.15. The molecule has 4 rings (SSSR count). The van der Waals surface area contributed by atoms with Crippen molar-refractivity contribution in [2.75, 3.05) is 32.8 Å². The molecular weight excluding hydrogens is 436 g/mol. The molecule has 3 N–H and O–H groups in total. The van der Waals surface area contributed by atoms with Crippen LogP contribution >= 0.6 is 0 Å². The van der Waals surface area contributed by atoms with E-state index in [4.69, 9.17) is 19.6 Å². The first-order chi connectivity index (χ1) is 15.9. The fourth-order valence-corrected chi connectivity index (χ4v) is 3.56. The van der Waals surface area contributed by atoms with E-state index >= 15 is 0 Å². The van der Waals surface area contributed by atoms with E-state index in [1.807, 2.05) is 0 Å². The van der Waals surface area contributed by atoms with Gasteiger partial charge in [0.05, 0.1) is 13.2 Å². The van der Waals surface area contributed by atoms with Gasteiger partial charge in [0.15, 0.2) is 17.7 Å². The Balaban J connectivity index is 1.44. The summed E-state index contributed by atoms with van der Waals surface area (Å²) in [4.78, 5) is 17.9. The molecule has 1 amide bonds. The third-order valence-corrected chi connectivity index (χ3v) is 5.17. The summed E-state index contributed by atoms with van der Waals surface area (Å²) in [6, 6.07) is 10.0. The zero-order valence-corrected chi connectivity index (χ0v) is 17.7. The van der Waals surface area contributed by atoms with Crippen molar-refractivity contribution in [3.05, 3.63) is 59.8 Å². The van der Waals surface area contributed by atoms with Crippen LogP contribution in [0.4, 0.5) is 8.78 Å². The highest BCUT2D eigenvalue weighted by Crippen LogP contribution is 2.33. The van der Waals surface area contributed by atoms with Crippen molar-refractivity contribution in [1.82, 2.24) is 9.88 Å². The number of morpholine rings is 1. The average Bonchev–Trinajstić information content (AvgIpc) is 3.22. The molecule has 1 aromatic heterocycles. The number of aromatic nitrogens is 1.